The Morgan fingerprint density at radius 2 is 2.20 bits per heavy atom. The molecule has 0 aliphatic carbocycles. The van der Waals surface area contributed by atoms with Crippen LogP contribution in [-0.4, -0.2) is 25.9 Å². The molecule has 3 rings (SSSR count). The molecule has 2 aliphatic rings. The minimum atomic E-state index is 0.0816. The predicted octanol–water partition coefficient (Wildman–Crippen LogP) is 1.85. The van der Waals surface area contributed by atoms with E-state index in [9.17, 15) is 4.79 Å². The molecule has 108 valence electrons. The molecule has 1 unspecified atom stereocenters. The summed E-state index contributed by atoms with van der Waals surface area (Å²) in [6, 6.07) is 5.72. The normalized spacial score (nSPS) is 20.7. The molecule has 2 heterocycles. The molecule has 1 fully saturated rings. The average molecular weight is 277 g/mol. The van der Waals surface area contributed by atoms with Crippen molar-refractivity contribution < 1.29 is 19.0 Å². The van der Waals surface area contributed by atoms with Crippen LogP contribution in [0.25, 0.3) is 0 Å². The van der Waals surface area contributed by atoms with E-state index in [0.29, 0.717) is 25.5 Å². The van der Waals surface area contributed by atoms with Gasteiger partial charge in [0, 0.05) is 26.2 Å². The summed E-state index contributed by atoms with van der Waals surface area (Å²) in [4.78, 5) is 11.9. The van der Waals surface area contributed by atoms with Gasteiger partial charge in [0.1, 0.15) is 0 Å². The van der Waals surface area contributed by atoms with E-state index in [-0.39, 0.29) is 12.7 Å². The summed E-state index contributed by atoms with van der Waals surface area (Å²) >= 11 is 0. The van der Waals surface area contributed by atoms with E-state index >= 15 is 0 Å². The molecular weight excluding hydrogens is 258 g/mol. The van der Waals surface area contributed by atoms with Gasteiger partial charge in [0.15, 0.2) is 11.5 Å². The molecule has 5 nitrogen and oxygen atoms in total. The maximum absolute atomic E-state index is 11.9. The Labute approximate surface area is 118 Å². The zero-order chi connectivity index (χ0) is 13.8. The van der Waals surface area contributed by atoms with Crippen molar-refractivity contribution in [2.75, 3.05) is 20.0 Å². The minimum absolute atomic E-state index is 0.0816. The zero-order valence-corrected chi connectivity index (χ0v) is 11.4. The number of ether oxygens (including phenoxy) is 3. The lowest BCUT2D eigenvalue weighted by Crippen LogP contribution is -2.28. The number of hydrogen-bond donors (Lipinski definition) is 1. The van der Waals surface area contributed by atoms with E-state index in [0.717, 1.165) is 36.5 Å². The van der Waals surface area contributed by atoms with Crippen LogP contribution in [0.2, 0.25) is 0 Å². The molecule has 1 aromatic carbocycles. The van der Waals surface area contributed by atoms with E-state index in [4.69, 9.17) is 14.2 Å². The third kappa shape index (κ3) is 3.22. The quantitative estimate of drug-likeness (QED) is 0.912. The number of amides is 1. The fourth-order valence-electron chi connectivity index (χ4n) is 2.55. The Hall–Kier alpha value is -1.75. The van der Waals surface area contributed by atoms with E-state index in [1.165, 1.54) is 0 Å². The van der Waals surface area contributed by atoms with Crippen molar-refractivity contribution in [3.05, 3.63) is 23.8 Å². The summed E-state index contributed by atoms with van der Waals surface area (Å²) in [6.45, 7) is 2.32. The summed E-state index contributed by atoms with van der Waals surface area (Å²) in [5, 5.41) is 2.95. The van der Waals surface area contributed by atoms with Crippen molar-refractivity contribution in [3.63, 3.8) is 0 Å². The SMILES string of the molecule is O=C(CC1CCCOC1)NCc1ccc2c(c1)OCO2. The zero-order valence-electron chi connectivity index (χ0n) is 11.4. The van der Waals surface area contributed by atoms with Gasteiger partial charge in [-0.05, 0) is 36.5 Å². The van der Waals surface area contributed by atoms with Crippen LogP contribution in [0.1, 0.15) is 24.8 Å². The van der Waals surface area contributed by atoms with Gasteiger partial charge < -0.3 is 19.5 Å². The fourth-order valence-corrected chi connectivity index (χ4v) is 2.55. The largest absolute Gasteiger partial charge is 0.454 e. The second kappa shape index (κ2) is 6.13. The van der Waals surface area contributed by atoms with Gasteiger partial charge >= 0.3 is 0 Å². The van der Waals surface area contributed by atoms with Crippen LogP contribution in [0.15, 0.2) is 18.2 Å². The number of carbonyl (C=O) groups is 1. The van der Waals surface area contributed by atoms with Crippen molar-refractivity contribution in [1.82, 2.24) is 5.32 Å². The van der Waals surface area contributed by atoms with Gasteiger partial charge in [-0.15, -0.1) is 0 Å². The van der Waals surface area contributed by atoms with Crippen LogP contribution >= 0.6 is 0 Å². The molecule has 0 radical (unpaired) electrons. The van der Waals surface area contributed by atoms with Gasteiger partial charge in [-0.25, -0.2) is 0 Å². The first-order valence-electron chi connectivity index (χ1n) is 7.04. The van der Waals surface area contributed by atoms with Crippen LogP contribution in [0.4, 0.5) is 0 Å². The topological polar surface area (TPSA) is 56.8 Å². The first kappa shape index (κ1) is 13.2. The van der Waals surface area contributed by atoms with E-state index < -0.39 is 0 Å². The summed E-state index contributed by atoms with van der Waals surface area (Å²) in [6.07, 6.45) is 2.68. The molecule has 1 saturated heterocycles. The first-order valence-corrected chi connectivity index (χ1v) is 7.04. The number of fused-ring (bicyclic) bond motifs is 1. The lowest BCUT2D eigenvalue weighted by molar-refractivity contribution is -0.123. The summed E-state index contributed by atoms with van der Waals surface area (Å²) in [5.74, 6) is 1.95. The summed E-state index contributed by atoms with van der Waals surface area (Å²) in [7, 11) is 0. The standard InChI is InChI=1S/C15H19NO4/c17-15(7-12-2-1-5-18-9-12)16-8-11-3-4-13-14(6-11)20-10-19-13/h3-4,6,12H,1-2,5,7-10H2,(H,16,17). The van der Waals surface area contributed by atoms with Crippen LogP contribution in [0.5, 0.6) is 11.5 Å². The third-order valence-electron chi connectivity index (χ3n) is 3.66. The molecule has 2 aliphatic heterocycles. The first-order chi connectivity index (χ1) is 9.81. The Morgan fingerprint density at radius 1 is 1.30 bits per heavy atom. The second-order valence-corrected chi connectivity index (χ2v) is 5.25. The highest BCUT2D eigenvalue weighted by atomic mass is 16.7. The summed E-state index contributed by atoms with van der Waals surface area (Å²) in [5.41, 5.74) is 1.02. The van der Waals surface area contributed by atoms with Gasteiger partial charge in [0.05, 0.1) is 0 Å². The van der Waals surface area contributed by atoms with Crippen LogP contribution in [-0.2, 0) is 16.1 Å². The number of nitrogens with one attached hydrogen (secondary N) is 1. The van der Waals surface area contributed by atoms with E-state index in [1.54, 1.807) is 0 Å². The lowest BCUT2D eigenvalue weighted by Gasteiger charge is -2.21. The predicted molar refractivity (Wildman–Crippen MR) is 72.6 cm³/mol. The van der Waals surface area contributed by atoms with Gasteiger partial charge in [0.2, 0.25) is 12.7 Å². The highest BCUT2D eigenvalue weighted by molar-refractivity contribution is 5.76. The lowest BCUT2D eigenvalue weighted by atomic mass is 9.98. The monoisotopic (exact) mass is 277 g/mol. The summed E-state index contributed by atoms with van der Waals surface area (Å²) < 4.78 is 16.0. The van der Waals surface area contributed by atoms with Gasteiger partial charge in [-0.3, -0.25) is 4.79 Å². The molecule has 1 atom stereocenters. The van der Waals surface area contributed by atoms with Crippen molar-refractivity contribution >= 4 is 5.91 Å². The van der Waals surface area contributed by atoms with Crippen LogP contribution < -0.4 is 14.8 Å². The highest BCUT2D eigenvalue weighted by Crippen LogP contribution is 2.32. The molecule has 5 heteroatoms. The Morgan fingerprint density at radius 3 is 3.05 bits per heavy atom. The number of rotatable bonds is 4. The maximum atomic E-state index is 11.9. The van der Waals surface area contributed by atoms with Crippen molar-refractivity contribution in [3.8, 4) is 11.5 Å². The van der Waals surface area contributed by atoms with Gasteiger partial charge in [0.25, 0.3) is 0 Å². The average Bonchev–Trinajstić information content (AvgIpc) is 2.93. The van der Waals surface area contributed by atoms with Crippen LogP contribution in [0.3, 0.4) is 0 Å². The second-order valence-electron chi connectivity index (χ2n) is 5.25. The molecule has 20 heavy (non-hydrogen) atoms. The molecule has 1 N–H and O–H groups in total. The molecule has 0 aromatic heterocycles. The highest BCUT2D eigenvalue weighted by Gasteiger charge is 2.18. The number of hydrogen-bond acceptors (Lipinski definition) is 4. The Bertz CT molecular complexity index is 483. The number of carbonyl (C=O) groups excluding carboxylic acids is 1. The van der Waals surface area contributed by atoms with E-state index in [2.05, 4.69) is 5.32 Å². The molecule has 0 spiro atoms. The van der Waals surface area contributed by atoms with Crippen molar-refractivity contribution in [1.29, 1.82) is 0 Å². The van der Waals surface area contributed by atoms with Crippen molar-refractivity contribution in [2.24, 2.45) is 5.92 Å². The van der Waals surface area contributed by atoms with Gasteiger partial charge in [-0.2, -0.15) is 0 Å². The van der Waals surface area contributed by atoms with Gasteiger partial charge in [-0.1, -0.05) is 6.07 Å². The fraction of sp³-hybridized carbons (Fsp3) is 0.533. The van der Waals surface area contributed by atoms with Crippen LogP contribution in [0, 0.1) is 5.92 Å². The van der Waals surface area contributed by atoms with E-state index in [1.807, 2.05) is 18.2 Å². The molecular formula is C15H19NO4. The Balaban J connectivity index is 1.47. The molecule has 1 amide bonds. The van der Waals surface area contributed by atoms with Crippen molar-refractivity contribution in [2.45, 2.75) is 25.8 Å². The third-order valence-corrected chi connectivity index (χ3v) is 3.66. The molecule has 1 aromatic rings. The Kier molecular flexibility index (Phi) is 4.06. The minimum Gasteiger partial charge on any atom is -0.454 e. The smallest absolute Gasteiger partial charge is 0.231 e. The molecule has 0 saturated carbocycles. The maximum Gasteiger partial charge on any atom is 0.231 e. The molecule has 0 bridgehead atoms. The number of benzene rings is 1.